The number of ether oxygens (including phenoxy) is 1. The Bertz CT molecular complexity index is 920. The summed E-state index contributed by atoms with van der Waals surface area (Å²) in [5, 5.41) is 17.0. The molecule has 202 valence electrons. The van der Waals surface area contributed by atoms with Crippen LogP contribution in [0.5, 0.6) is 0 Å². The molecule has 11 heteroatoms. The highest BCUT2D eigenvalue weighted by atomic mass is 32.1. The number of esters is 1. The minimum absolute atomic E-state index is 0.0244. The van der Waals surface area contributed by atoms with Gasteiger partial charge in [0.15, 0.2) is 11.8 Å². The zero-order valence-electron chi connectivity index (χ0n) is 22.1. The van der Waals surface area contributed by atoms with Gasteiger partial charge < -0.3 is 20.5 Å². The molecule has 5 atom stereocenters. The molecule has 2 heterocycles. The highest BCUT2D eigenvalue weighted by Gasteiger charge is 2.34. The molecule has 0 spiro atoms. The lowest BCUT2D eigenvalue weighted by Crippen LogP contribution is -2.57. The molecule has 10 nitrogen and oxygen atoms in total. The Hall–Kier alpha value is -2.53. The fourth-order valence-electron chi connectivity index (χ4n) is 4.29. The minimum Gasteiger partial charge on any atom is -0.476 e. The van der Waals surface area contributed by atoms with Crippen LogP contribution in [-0.2, 0) is 19.1 Å². The third kappa shape index (κ3) is 8.26. The van der Waals surface area contributed by atoms with E-state index < -0.39 is 30.1 Å². The highest BCUT2D eigenvalue weighted by molar-refractivity contribution is 7.09. The SMILES string of the molecule is CC[C@H](C)[C@H](NC(=O)[C@H]1CCCCN1C)C(=O)N[C@H](C[C@@H](OC(C)=O)c1nc(C(=O)O)cs1)C(C)C. The smallest absolute Gasteiger partial charge is 0.355 e. The summed E-state index contributed by atoms with van der Waals surface area (Å²) < 4.78 is 5.47. The van der Waals surface area contributed by atoms with Crippen molar-refractivity contribution in [3.05, 3.63) is 16.1 Å². The molecular formula is C25H40N4O6S. The van der Waals surface area contributed by atoms with E-state index in [9.17, 15) is 24.3 Å². The number of thiazole rings is 1. The van der Waals surface area contributed by atoms with Crippen molar-refractivity contribution in [3.8, 4) is 0 Å². The van der Waals surface area contributed by atoms with Crippen LogP contribution in [0.1, 0.15) is 88.3 Å². The van der Waals surface area contributed by atoms with E-state index in [-0.39, 0.29) is 41.8 Å². The van der Waals surface area contributed by atoms with Crippen LogP contribution < -0.4 is 10.6 Å². The van der Waals surface area contributed by atoms with Gasteiger partial charge in [-0.05, 0) is 38.3 Å². The number of rotatable bonds is 12. The monoisotopic (exact) mass is 524 g/mol. The van der Waals surface area contributed by atoms with Crippen LogP contribution >= 0.6 is 11.3 Å². The molecule has 0 aliphatic carbocycles. The van der Waals surface area contributed by atoms with Gasteiger partial charge in [0.1, 0.15) is 11.0 Å². The van der Waals surface area contributed by atoms with E-state index in [4.69, 9.17) is 4.74 Å². The molecule has 1 aromatic heterocycles. The number of carboxylic acids is 1. The second-order valence-electron chi connectivity index (χ2n) is 9.93. The van der Waals surface area contributed by atoms with E-state index in [1.54, 1.807) is 0 Å². The van der Waals surface area contributed by atoms with Crippen molar-refractivity contribution in [1.82, 2.24) is 20.5 Å². The van der Waals surface area contributed by atoms with Gasteiger partial charge in [0, 0.05) is 24.8 Å². The van der Waals surface area contributed by atoms with Crippen LogP contribution in [0.4, 0.5) is 0 Å². The molecule has 1 aromatic rings. The van der Waals surface area contributed by atoms with E-state index in [0.717, 1.165) is 37.1 Å². The first-order valence-corrected chi connectivity index (χ1v) is 13.5. The maximum absolute atomic E-state index is 13.5. The maximum atomic E-state index is 13.5. The summed E-state index contributed by atoms with van der Waals surface area (Å²) in [6.07, 6.45) is 2.93. The quantitative estimate of drug-likeness (QED) is 0.355. The van der Waals surface area contributed by atoms with E-state index in [0.29, 0.717) is 11.4 Å². The molecule has 1 saturated heterocycles. The van der Waals surface area contributed by atoms with E-state index in [2.05, 4.69) is 15.6 Å². The number of carbonyl (C=O) groups excluding carboxylic acids is 3. The van der Waals surface area contributed by atoms with Crippen LogP contribution in [0.3, 0.4) is 0 Å². The third-order valence-electron chi connectivity index (χ3n) is 6.79. The summed E-state index contributed by atoms with van der Waals surface area (Å²) >= 11 is 1.10. The first kappa shape index (κ1) is 29.7. The molecule has 3 N–H and O–H groups in total. The number of nitrogens with one attached hydrogen (secondary N) is 2. The van der Waals surface area contributed by atoms with Gasteiger partial charge in [0.05, 0.1) is 6.04 Å². The number of hydrogen-bond acceptors (Lipinski definition) is 8. The molecule has 1 aliphatic heterocycles. The predicted molar refractivity (Wildman–Crippen MR) is 137 cm³/mol. The maximum Gasteiger partial charge on any atom is 0.355 e. The van der Waals surface area contributed by atoms with Gasteiger partial charge in [-0.2, -0.15) is 0 Å². The number of likely N-dealkylation sites (tertiary alicyclic amines) is 1. The van der Waals surface area contributed by atoms with Gasteiger partial charge in [-0.25, -0.2) is 9.78 Å². The molecule has 2 rings (SSSR count). The number of carboxylic acid groups (broad SMARTS) is 1. The van der Waals surface area contributed by atoms with Crippen LogP contribution in [0.25, 0.3) is 0 Å². The standard InChI is InChI=1S/C25H40N4O6S/c1-7-15(4)21(28-22(31)19-10-8-9-11-29(19)6)23(32)26-17(14(2)3)12-20(35-16(5)30)24-27-18(13-36-24)25(33)34/h13-15,17,19-21H,7-12H2,1-6H3,(H,26,32)(H,28,31)(H,33,34)/t15-,17+,19+,20+,21-/m0/s1. The van der Waals surface area contributed by atoms with Crippen LogP contribution in [-0.4, -0.2) is 70.5 Å². The molecular weight excluding hydrogens is 484 g/mol. The van der Waals surface area contributed by atoms with E-state index in [1.165, 1.54) is 12.3 Å². The van der Waals surface area contributed by atoms with Crippen molar-refractivity contribution in [2.24, 2.45) is 11.8 Å². The van der Waals surface area contributed by atoms with Crippen molar-refractivity contribution >= 4 is 35.1 Å². The third-order valence-corrected chi connectivity index (χ3v) is 7.73. The number of piperidine rings is 1. The van der Waals surface area contributed by atoms with Crippen molar-refractivity contribution in [2.45, 2.75) is 91.0 Å². The zero-order chi connectivity index (χ0) is 27.0. The number of carbonyl (C=O) groups is 4. The minimum atomic E-state index is -1.16. The zero-order valence-corrected chi connectivity index (χ0v) is 22.9. The van der Waals surface area contributed by atoms with Crippen molar-refractivity contribution in [3.63, 3.8) is 0 Å². The molecule has 0 radical (unpaired) electrons. The lowest BCUT2D eigenvalue weighted by molar-refractivity contribution is -0.147. The molecule has 0 unspecified atom stereocenters. The van der Waals surface area contributed by atoms with Crippen molar-refractivity contribution in [1.29, 1.82) is 0 Å². The number of likely N-dealkylation sites (N-methyl/N-ethyl adjacent to an activating group) is 1. The average Bonchev–Trinajstić information content (AvgIpc) is 3.31. The first-order chi connectivity index (χ1) is 16.9. The number of nitrogens with zero attached hydrogens (tertiary/aromatic N) is 2. The molecule has 1 aliphatic rings. The fourth-order valence-corrected chi connectivity index (χ4v) is 5.13. The van der Waals surface area contributed by atoms with Gasteiger partial charge in [-0.1, -0.05) is 40.5 Å². The Morgan fingerprint density at radius 3 is 2.44 bits per heavy atom. The summed E-state index contributed by atoms with van der Waals surface area (Å²) in [4.78, 5) is 55.7. The van der Waals surface area contributed by atoms with E-state index >= 15 is 0 Å². The largest absolute Gasteiger partial charge is 0.476 e. The normalized spacial score (nSPS) is 19.7. The number of aromatic carboxylic acids is 1. The lowest BCUT2D eigenvalue weighted by Gasteiger charge is -2.34. The Morgan fingerprint density at radius 1 is 1.22 bits per heavy atom. The lowest BCUT2D eigenvalue weighted by atomic mass is 9.94. The average molecular weight is 525 g/mol. The molecule has 0 saturated carbocycles. The Balaban J connectivity index is 2.19. The van der Waals surface area contributed by atoms with E-state index in [1.807, 2.05) is 39.6 Å². The molecule has 1 fully saturated rings. The van der Waals surface area contributed by atoms with Gasteiger partial charge >= 0.3 is 11.9 Å². The number of aromatic nitrogens is 1. The van der Waals surface area contributed by atoms with Crippen LogP contribution in [0.15, 0.2) is 5.38 Å². The van der Waals surface area contributed by atoms with Gasteiger partial charge in [0.2, 0.25) is 11.8 Å². The van der Waals surface area contributed by atoms with Gasteiger partial charge in [0.25, 0.3) is 0 Å². The van der Waals surface area contributed by atoms with Crippen molar-refractivity contribution < 1.29 is 29.0 Å². The summed E-state index contributed by atoms with van der Waals surface area (Å²) in [6, 6.07) is -1.36. The van der Waals surface area contributed by atoms with Crippen molar-refractivity contribution in [2.75, 3.05) is 13.6 Å². The Kier molecular flexibility index (Phi) is 11.3. The molecule has 36 heavy (non-hydrogen) atoms. The van der Waals surface area contributed by atoms with Gasteiger partial charge in [-0.15, -0.1) is 11.3 Å². The number of amides is 2. The molecule has 0 aromatic carbocycles. The first-order valence-electron chi connectivity index (χ1n) is 12.6. The summed E-state index contributed by atoms with van der Waals surface area (Å²) in [6.45, 7) is 9.92. The molecule has 0 bridgehead atoms. The summed E-state index contributed by atoms with van der Waals surface area (Å²) in [5.41, 5.74) is -0.121. The Morgan fingerprint density at radius 2 is 1.92 bits per heavy atom. The predicted octanol–water partition coefficient (Wildman–Crippen LogP) is 2.99. The second-order valence-corrected chi connectivity index (χ2v) is 10.8. The Labute approximate surface area is 217 Å². The van der Waals surface area contributed by atoms with Crippen LogP contribution in [0, 0.1) is 11.8 Å². The number of hydrogen-bond donors (Lipinski definition) is 3. The second kappa shape index (κ2) is 13.7. The summed E-state index contributed by atoms with van der Waals surface area (Å²) in [5.74, 6) is -2.23. The summed E-state index contributed by atoms with van der Waals surface area (Å²) in [7, 11) is 1.93. The fraction of sp³-hybridized carbons (Fsp3) is 0.720. The highest BCUT2D eigenvalue weighted by Crippen LogP contribution is 2.28. The topological polar surface area (TPSA) is 138 Å². The van der Waals surface area contributed by atoms with Gasteiger partial charge in [-0.3, -0.25) is 19.3 Å². The van der Waals surface area contributed by atoms with Crippen LogP contribution in [0.2, 0.25) is 0 Å². The molecule has 2 amide bonds.